The number of aliphatic hydroxyl groups excluding tert-OH is 1. The molecule has 1 atom stereocenters. The van der Waals surface area contributed by atoms with Crippen LogP contribution in [0.2, 0.25) is 0 Å². The fourth-order valence-corrected chi connectivity index (χ4v) is 2.53. The highest BCUT2D eigenvalue weighted by Gasteiger charge is 2.14. The first-order valence-corrected chi connectivity index (χ1v) is 6.13. The minimum atomic E-state index is -3.22. The summed E-state index contributed by atoms with van der Waals surface area (Å²) in [5, 5.41) is 9.00. The van der Waals surface area contributed by atoms with Crippen LogP contribution in [0.1, 0.15) is 13.3 Å². The molecule has 0 aromatic heterocycles. The van der Waals surface area contributed by atoms with Crippen molar-refractivity contribution in [2.24, 2.45) is 0 Å². The van der Waals surface area contributed by atoms with Gasteiger partial charge < -0.3 is 5.11 Å². The SMILES string of the molecule is CC(O)CCS(=O)(=O)c1ccccc1. The van der Waals surface area contributed by atoms with Gasteiger partial charge in [0.15, 0.2) is 9.84 Å². The first kappa shape index (κ1) is 11.2. The van der Waals surface area contributed by atoms with Gasteiger partial charge >= 0.3 is 0 Å². The number of benzene rings is 1. The summed E-state index contributed by atoms with van der Waals surface area (Å²) in [6, 6.07) is 8.28. The van der Waals surface area contributed by atoms with Crippen LogP contribution in [0.4, 0.5) is 0 Å². The van der Waals surface area contributed by atoms with Crippen LogP contribution >= 0.6 is 0 Å². The number of rotatable bonds is 4. The second kappa shape index (κ2) is 4.57. The summed E-state index contributed by atoms with van der Waals surface area (Å²) in [6.45, 7) is 1.58. The molecule has 3 nitrogen and oxygen atoms in total. The highest BCUT2D eigenvalue weighted by atomic mass is 32.2. The summed E-state index contributed by atoms with van der Waals surface area (Å²) in [4.78, 5) is 0.320. The molecule has 1 aromatic carbocycles. The summed E-state index contributed by atoms with van der Waals surface area (Å²) in [5.41, 5.74) is 0. The average Bonchev–Trinajstić information content (AvgIpc) is 2.16. The van der Waals surface area contributed by atoms with Crippen LogP contribution in [0.5, 0.6) is 0 Å². The monoisotopic (exact) mass is 214 g/mol. The van der Waals surface area contributed by atoms with Gasteiger partial charge in [0.25, 0.3) is 0 Å². The van der Waals surface area contributed by atoms with E-state index in [1.165, 1.54) is 0 Å². The zero-order valence-corrected chi connectivity index (χ0v) is 8.87. The molecule has 4 heteroatoms. The van der Waals surface area contributed by atoms with E-state index in [1.54, 1.807) is 37.3 Å². The van der Waals surface area contributed by atoms with Gasteiger partial charge in [-0.25, -0.2) is 8.42 Å². The molecule has 0 saturated heterocycles. The lowest BCUT2D eigenvalue weighted by molar-refractivity contribution is 0.191. The lowest BCUT2D eigenvalue weighted by Gasteiger charge is -2.05. The van der Waals surface area contributed by atoms with Crippen LogP contribution in [0, 0.1) is 0 Å². The van der Waals surface area contributed by atoms with Gasteiger partial charge in [-0.3, -0.25) is 0 Å². The van der Waals surface area contributed by atoms with Crippen LogP contribution < -0.4 is 0 Å². The van der Waals surface area contributed by atoms with Crippen molar-refractivity contribution in [3.63, 3.8) is 0 Å². The molecular weight excluding hydrogens is 200 g/mol. The highest BCUT2D eigenvalue weighted by Crippen LogP contribution is 2.11. The third-order valence-corrected chi connectivity index (χ3v) is 3.67. The van der Waals surface area contributed by atoms with E-state index in [-0.39, 0.29) is 12.2 Å². The van der Waals surface area contributed by atoms with E-state index >= 15 is 0 Å². The maximum absolute atomic E-state index is 11.6. The highest BCUT2D eigenvalue weighted by molar-refractivity contribution is 7.91. The van der Waals surface area contributed by atoms with Crippen LogP contribution in [0.25, 0.3) is 0 Å². The summed E-state index contributed by atoms with van der Waals surface area (Å²) in [5.74, 6) is -0.00528. The van der Waals surface area contributed by atoms with Crippen molar-refractivity contribution in [2.75, 3.05) is 5.75 Å². The zero-order valence-electron chi connectivity index (χ0n) is 8.05. The summed E-state index contributed by atoms with van der Waals surface area (Å²) in [7, 11) is -3.22. The lowest BCUT2D eigenvalue weighted by atomic mass is 10.3. The summed E-state index contributed by atoms with van der Waals surface area (Å²) in [6.07, 6.45) is -0.300. The maximum Gasteiger partial charge on any atom is 0.178 e. The standard InChI is InChI=1S/C10H14O3S/c1-9(11)7-8-14(12,13)10-5-3-2-4-6-10/h2-6,9,11H,7-8H2,1H3. The van der Waals surface area contributed by atoms with Crippen LogP contribution in [0.3, 0.4) is 0 Å². The van der Waals surface area contributed by atoms with Gasteiger partial charge in [-0.15, -0.1) is 0 Å². The van der Waals surface area contributed by atoms with Crippen molar-refractivity contribution in [1.82, 2.24) is 0 Å². The van der Waals surface area contributed by atoms with E-state index in [0.717, 1.165) is 0 Å². The van der Waals surface area contributed by atoms with Gasteiger partial charge in [0.1, 0.15) is 0 Å². The van der Waals surface area contributed by atoms with Crippen molar-refractivity contribution >= 4 is 9.84 Å². The van der Waals surface area contributed by atoms with Gasteiger partial charge in [-0.05, 0) is 25.5 Å². The van der Waals surface area contributed by atoms with Crippen LogP contribution in [0.15, 0.2) is 35.2 Å². The normalized spacial score (nSPS) is 13.9. The van der Waals surface area contributed by atoms with E-state index in [4.69, 9.17) is 5.11 Å². The third-order valence-electron chi connectivity index (χ3n) is 1.91. The smallest absolute Gasteiger partial charge is 0.178 e. The van der Waals surface area contributed by atoms with Crippen molar-refractivity contribution in [3.8, 4) is 0 Å². The Morgan fingerprint density at radius 3 is 2.36 bits per heavy atom. The number of hydrogen-bond acceptors (Lipinski definition) is 3. The Labute approximate surface area is 84.3 Å². The predicted octanol–water partition coefficient (Wildman–Crippen LogP) is 1.23. The average molecular weight is 214 g/mol. The molecule has 0 aliphatic heterocycles. The maximum atomic E-state index is 11.6. The van der Waals surface area contributed by atoms with Gasteiger partial charge in [-0.2, -0.15) is 0 Å². The summed E-state index contributed by atoms with van der Waals surface area (Å²) >= 11 is 0. The second-order valence-electron chi connectivity index (χ2n) is 3.27. The van der Waals surface area contributed by atoms with Crippen molar-refractivity contribution in [2.45, 2.75) is 24.3 Å². The van der Waals surface area contributed by atoms with Gasteiger partial charge in [0.05, 0.1) is 16.8 Å². The number of aliphatic hydroxyl groups is 1. The van der Waals surface area contributed by atoms with Gasteiger partial charge in [0, 0.05) is 0 Å². The molecule has 1 rings (SSSR count). The Kier molecular flexibility index (Phi) is 3.66. The van der Waals surface area contributed by atoms with E-state index in [2.05, 4.69) is 0 Å². The molecular formula is C10H14O3S. The van der Waals surface area contributed by atoms with Gasteiger partial charge in [-0.1, -0.05) is 18.2 Å². The van der Waals surface area contributed by atoms with Crippen molar-refractivity contribution in [3.05, 3.63) is 30.3 Å². The van der Waals surface area contributed by atoms with E-state index in [1.807, 2.05) is 0 Å². The molecule has 0 fully saturated rings. The molecule has 0 spiro atoms. The minimum absolute atomic E-state index is 0.00528. The summed E-state index contributed by atoms with van der Waals surface area (Å²) < 4.78 is 23.3. The Balaban J connectivity index is 2.77. The Bertz CT molecular complexity index is 368. The fraction of sp³-hybridized carbons (Fsp3) is 0.400. The topological polar surface area (TPSA) is 54.4 Å². The van der Waals surface area contributed by atoms with E-state index < -0.39 is 15.9 Å². The number of sulfone groups is 1. The molecule has 0 bridgehead atoms. The van der Waals surface area contributed by atoms with E-state index in [0.29, 0.717) is 4.90 Å². The lowest BCUT2D eigenvalue weighted by Crippen LogP contribution is -2.12. The molecule has 1 unspecified atom stereocenters. The van der Waals surface area contributed by atoms with Crippen molar-refractivity contribution in [1.29, 1.82) is 0 Å². The molecule has 0 heterocycles. The number of hydrogen-bond donors (Lipinski definition) is 1. The molecule has 78 valence electrons. The van der Waals surface area contributed by atoms with Crippen LogP contribution in [-0.4, -0.2) is 25.4 Å². The zero-order chi connectivity index (χ0) is 10.6. The van der Waals surface area contributed by atoms with Crippen molar-refractivity contribution < 1.29 is 13.5 Å². The molecule has 0 aliphatic carbocycles. The Hall–Kier alpha value is -0.870. The minimum Gasteiger partial charge on any atom is -0.393 e. The molecule has 1 aromatic rings. The molecule has 1 N–H and O–H groups in total. The molecule has 0 saturated carbocycles. The quantitative estimate of drug-likeness (QED) is 0.820. The Morgan fingerprint density at radius 1 is 1.29 bits per heavy atom. The molecule has 0 amide bonds. The first-order chi connectivity index (χ1) is 6.52. The molecule has 0 aliphatic rings. The molecule has 0 radical (unpaired) electrons. The first-order valence-electron chi connectivity index (χ1n) is 4.48. The largest absolute Gasteiger partial charge is 0.393 e. The van der Waals surface area contributed by atoms with Gasteiger partial charge in [0.2, 0.25) is 0 Å². The Morgan fingerprint density at radius 2 is 1.86 bits per heavy atom. The van der Waals surface area contributed by atoms with E-state index in [9.17, 15) is 8.42 Å². The predicted molar refractivity (Wildman–Crippen MR) is 54.8 cm³/mol. The third kappa shape index (κ3) is 3.12. The molecule has 14 heavy (non-hydrogen) atoms. The van der Waals surface area contributed by atoms with Crippen LogP contribution in [-0.2, 0) is 9.84 Å². The fourth-order valence-electron chi connectivity index (χ4n) is 1.07. The second-order valence-corrected chi connectivity index (χ2v) is 5.38.